The van der Waals surface area contributed by atoms with Gasteiger partial charge in [0.05, 0.1) is 0 Å². The second-order valence-electron chi connectivity index (χ2n) is 5.59. The quantitative estimate of drug-likeness (QED) is 0.918. The molecule has 0 saturated carbocycles. The van der Waals surface area contributed by atoms with E-state index in [1.807, 2.05) is 0 Å². The number of piperazine rings is 1. The summed E-state index contributed by atoms with van der Waals surface area (Å²) < 4.78 is 0. The van der Waals surface area contributed by atoms with Gasteiger partial charge >= 0.3 is 0 Å². The first-order valence-corrected chi connectivity index (χ1v) is 7.40. The minimum atomic E-state index is 1.07. The van der Waals surface area contributed by atoms with E-state index in [9.17, 15) is 0 Å². The number of rotatable bonds is 3. The van der Waals surface area contributed by atoms with Gasteiger partial charge in [0.2, 0.25) is 0 Å². The Morgan fingerprint density at radius 1 is 0.850 bits per heavy atom. The fraction of sp³-hybridized carbons (Fsp3) is 0.333. The van der Waals surface area contributed by atoms with Crippen molar-refractivity contribution in [3.8, 4) is 11.1 Å². The van der Waals surface area contributed by atoms with Crippen LogP contribution in [0.2, 0.25) is 0 Å². The van der Waals surface area contributed by atoms with E-state index in [0.717, 1.165) is 32.7 Å². The summed E-state index contributed by atoms with van der Waals surface area (Å²) in [6, 6.07) is 17.7. The predicted octanol–water partition coefficient (Wildman–Crippen LogP) is 3.07. The number of hydrogen-bond acceptors (Lipinski definition) is 2. The summed E-state index contributed by atoms with van der Waals surface area (Å²) in [7, 11) is 0. The van der Waals surface area contributed by atoms with E-state index < -0.39 is 0 Å². The molecule has 3 rings (SSSR count). The zero-order valence-electron chi connectivity index (χ0n) is 12.1. The van der Waals surface area contributed by atoms with Crippen LogP contribution in [0, 0.1) is 6.92 Å². The minimum Gasteiger partial charge on any atom is -0.314 e. The molecule has 2 aromatic rings. The SMILES string of the molecule is Cc1ccc(-c2ccc(CN3CCNCC3)cc2)cc1. The first-order chi connectivity index (χ1) is 9.81. The molecule has 1 aliphatic heterocycles. The predicted molar refractivity (Wildman–Crippen MR) is 84.8 cm³/mol. The van der Waals surface area contributed by atoms with Crippen molar-refractivity contribution in [1.82, 2.24) is 10.2 Å². The molecule has 0 aromatic heterocycles. The summed E-state index contributed by atoms with van der Waals surface area (Å²) in [5, 5.41) is 3.39. The van der Waals surface area contributed by atoms with Crippen LogP contribution in [-0.2, 0) is 6.54 Å². The molecule has 0 radical (unpaired) electrons. The van der Waals surface area contributed by atoms with E-state index in [2.05, 4.69) is 65.7 Å². The van der Waals surface area contributed by atoms with E-state index in [-0.39, 0.29) is 0 Å². The smallest absolute Gasteiger partial charge is 0.0234 e. The van der Waals surface area contributed by atoms with E-state index in [4.69, 9.17) is 0 Å². The lowest BCUT2D eigenvalue weighted by Gasteiger charge is -2.27. The number of nitrogens with one attached hydrogen (secondary N) is 1. The largest absolute Gasteiger partial charge is 0.314 e. The summed E-state index contributed by atoms with van der Waals surface area (Å²) >= 11 is 0. The normalized spacial score (nSPS) is 16.2. The highest BCUT2D eigenvalue weighted by Crippen LogP contribution is 2.20. The van der Waals surface area contributed by atoms with E-state index >= 15 is 0 Å². The van der Waals surface area contributed by atoms with E-state index in [0.29, 0.717) is 0 Å². The highest BCUT2D eigenvalue weighted by molar-refractivity contribution is 5.63. The highest BCUT2D eigenvalue weighted by Gasteiger charge is 2.09. The van der Waals surface area contributed by atoms with Crippen LogP contribution in [0.15, 0.2) is 48.5 Å². The Balaban J connectivity index is 1.69. The van der Waals surface area contributed by atoms with Crippen molar-refractivity contribution in [3.63, 3.8) is 0 Å². The molecule has 104 valence electrons. The van der Waals surface area contributed by atoms with Crippen molar-refractivity contribution in [2.24, 2.45) is 0 Å². The molecule has 20 heavy (non-hydrogen) atoms. The maximum absolute atomic E-state index is 3.39. The maximum Gasteiger partial charge on any atom is 0.0234 e. The molecular formula is C18H22N2. The first kappa shape index (κ1) is 13.3. The van der Waals surface area contributed by atoms with Crippen molar-refractivity contribution < 1.29 is 0 Å². The molecule has 1 heterocycles. The average molecular weight is 266 g/mol. The van der Waals surface area contributed by atoms with E-state index in [1.54, 1.807) is 0 Å². The zero-order chi connectivity index (χ0) is 13.8. The van der Waals surface area contributed by atoms with Gasteiger partial charge in [0.1, 0.15) is 0 Å². The lowest BCUT2D eigenvalue weighted by atomic mass is 10.0. The van der Waals surface area contributed by atoms with Gasteiger partial charge in [-0.05, 0) is 23.6 Å². The third-order valence-corrected chi connectivity index (χ3v) is 3.95. The summed E-state index contributed by atoms with van der Waals surface area (Å²) in [5.41, 5.74) is 5.31. The van der Waals surface area contributed by atoms with Crippen LogP contribution in [-0.4, -0.2) is 31.1 Å². The second-order valence-corrected chi connectivity index (χ2v) is 5.59. The third kappa shape index (κ3) is 3.27. The Kier molecular flexibility index (Phi) is 4.14. The summed E-state index contributed by atoms with van der Waals surface area (Å²) in [6.07, 6.45) is 0. The molecule has 0 atom stereocenters. The highest BCUT2D eigenvalue weighted by atomic mass is 15.2. The molecular weight excluding hydrogens is 244 g/mol. The second kappa shape index (κ2) is 6.21. The van der Waals surface area contributed by atoms with E-state index in [1.165, 1.54) is 22.3 Å². The van der Waals surface area contributed by atoms with Gasteiger partial charge in [-0.1, -0.05) is 54.1 Å². The summed E-state index contributed by atoms with van der Waals surface area (Å²) in [6.45, 7) is 7.72. The Labute approximate surface area is 121 Å². The Morgan fingerprint density at radius 2 is 1.40 bits per heavy atom. The minimum absolute atomic E-state index is 1.07. The van der Waals surface area contributed by atoms with Crippen LogP contribution < -0.4 is 5.32 Å². The van der Waals surface area contributed by atoms with Crippen LogP contribution in [0.4, 0.5) is 0 Å². The molecule has 2 nitrogen and oxygen atoms in total. The molecule has 0 unspecified atom stereocenters. The topological polar surface area (TPSA) is 15.3 Å². The van der Waals surface area contributed by atoms with Crippen LogP contribution in [0.25, 0.3) is 11.1 Å². The van der Waals surface area contributed by atoms with Crippen molar-refractivity contribution in [3.05, 3.63) is 59.7 Å². The monoisotopic (exact) mass is 266 g/mol. The molecule has 2 heteroatoms. The van der Waals surface area contributed by atoms with Crippen LogP contribution >= 0.6 is 0 Å². The van der Waals surface area contributed by atoms with Gasteiger partial charge in [-0.2, -0.15) is 0 Å². The lowest BCUT2D eigenvalue weighted by molar-refractivity contribution is 0.233. The maximum atomic E-state index is 3.39. The summed E-state index contributed by atoms with van der Waals surface area (Å²) in [4.78, 5) is 2.51. The van der Waals surface area contributed by atoms with Crippen LogP contribution in [0.5, 0.6) is 0 Å². The van der Waals surface area contributed by atoms with Crippen LogP contribution in [0.3, 0.4) is 0 Å². The fourth-order valence-corrected chi connectivity index (χ4v) is 2.68. The summed E-state index contributed by atoms with van der Waals surface area (Å²) in [5.74, 6) is 0. The molecule has 0 spiro atoms. The average Bonchev–Trinajstić information content (AvgIpc) is 2.50. The molecule has 0 aliphatic carbocycles. The number of aryl methyl sites for hydroxylation is 1. The van der Waals surface area contributed by atoms with Gasteiger partial charge in [-0.15, -0.1) is 0 Å². The van der Waals surface area contributed by atoms with Crippen molar-refractivity contribution in [2.75, 3.05) is 26.2 Å². The van der Waals surface area contributed by atoms with Crippen molar-refractivity contribution in [1.29, 1.82) is 0 Å². The molecule has 1 saturated heterocycles. The molecule has 0 amide bonds. The van der Waals surface area contributed by atoms with Gasteiger partial charge in [0.25, 0.3) is 0 Å². The van der Waals surface area contributed by atoms with Gasteiger partial charge in [-0.3, -0.25) is 4.90 Å². The molecule has 0 bridgehead atoms. The Hall–Kier alpha value is -1.64. The van der Waals surface area contributed by atoms with Gasteiger partial charge in [0.15, 0.2) is 0 Å². The Morgan fingerprint density at radius 3 is 2.00 bits per heavy atom. The van der Waals surface area contributed by atoms with Gasteiger partial charge in [0, 0.05) is 32.7 Å². The first-order valence-electron chi connectivity index (χ1n) is 7.40. The van der Waals surface area contributed by atoms with Crippen molar-refractivity contribution >= 4 is 0 Å². The molecule has 1 fully saturated rings. The third-order valence-electron chi connectivity index (χ3n) is 3.95. The number of hydrogen-bond donors (Lipinski definition) is 1. The molecule has 1 N–H and O–H groups in total. The lowest BCUT2D eigenvalue weighted by Crippen LogP contribution is -2.42. The molecule has 1 aliphatic rings. The Bertz CT molecular complexity index is 537. The van der Waals surface area contributed by atoms with Crippen molar-refractivity contribution in [2.45, 2.75) is 13.5 Å². The van der Waals surface area contributed by atoms with Gasteiger partial charge < -0.3 is 5.32 Å². The standard InChI is InChI=1S/C18H22N2/c1-15-2-6-17(7-3-15)18-8-4-16(5-9-18)14-20-12-10-19-11-13-20/h2-9,19H,10-14H2,1H3. The zero-order valence-corrected chi connectivity index (χ0v) is 12.1. The van der Waals surface area contributed by atoms with Gasteiger partial charge in [-0.25, -0.2) is 0 Å². The fourth-order valence-electron chi connectivity index (χ4n) is 2.68. The number of nitrogens with zero attached hydrogens (tertiary/aromatic N) is 1. The van der Waals surface area contributed by atoms with Crippen LogP contribution in [0.1, 0.15) is 11.1 Å². The molecule has 2 aromatic carbocycles. The number of benzene rings is 2.